The van der Waals surface area contributed by atoms with E-state index in [2.05, 4.69) is 18.8 Å². The molecule has 8 heteroatoms. The quantitative estimate of drug-likeness (QED) is 0.193. The average Bonchev–Trinajstić information content (AvgIpc) is 3.45. The molecule has 33 heavy (non-hydrogen) atoms. The zero-order chi connectivity index (χ0) is 22.6. The maximum absolute atomic E-state index is 6.37. The van der Waals surface area contributed by atoms with Gasteiger partial charge in [0, 0.05) is 28.1 Å². The van der Waals surface area contributed by atoms with E-state index < -0.39 is 0 Å². The van der Waals surface area contributed by atoms with Crippen LogP contribution in [0.25, 0.3) is 31.9 Å². The number of nitrogens with zero attached hydrogens (tertiary/aromatic N) is 3. The van der Waals surface area contributed by atoms with Gasteiger partial charge in [-0.15, -0.1) is 23.1 Å². The van der Waals surface area contributed by atoms with E-state index in [0.717, 1.165) is 65.2 Å². The van der Waals surface area contributed by atoms with Crippen molar-refractivity contribution in [1.29, 1.82) is 0 Å². The standard InChI is InChI=1S/C25H20ClN3O2S2/c1-25(2)10-15-16(11-31-25)20(18-8-5-9-30-18)29-23-19(15)21-22(33-23)24(28-13-27-21)32-12-14-6-3-4-7-17(14)26/h3-9,13H,10-12H2,1-2H3. The SMILES string of the molecule is CC1(C)Cc2c(c(-c3ccco3)nc3sc4c(SCc5ccccc5Cl)ncnc4c23)CO1. The predicted molar refractivity (Wildman–Crippen MR) is 134 cm³/mol. The Hall–Kier alpha value is -2.45. The van der Waals surface area contributed by atoms with Gasteiger partial charge >= 0.3 is 0 Å². The molecule has 0 saturated heterocycles. The fourth-order valence-corrected chi connectivity index (χ4v) is 6.79. The van der Waals surface area contributed by atoms with Crippen molar-refractivity contribution in [2.75, 3.05) is 0 Å². The van der Waals surface area contributed by atoms with Crippen molar-refractivity contribution in [3.05, 3.63) is 70.7 Å². The van der Waals surface area contributed by atoms with Crippen LogP contribution in [0.4, 0.5) is 0 Å². The number of aromatic nitrogens is 3. The fourth-order valence-electron chi connectivity index (χ4n) is 4.27. The van der Waals surface area contributed by atoms with Crippen LogP contribution in [-0.4, -0.2) is 20.6 Å². The molecule has 5 nitrogen and oxygen atoms in total. The fraction of sp³-hybridized carbons (Fsp3) is 0.240. The summed E-state index contributed by atoms with van der Waals surface area (Å²) in [5, 5.41) is 2.83. The summed E-state index contributed by atoms with van der Waals surface area (Å²) in [6.45, 7) is 4.75. The Kier molecular flexibility index (Phi) is 5.18. The Bertz CT molecular complexity index is 1500. The Labute approximate surface area is 204 Å². The molecule has 0 saturated carbocycles. The molecular weight excluding hydrogens is 474 g/mol. The highest BCUT2D eigenvalue weighted by Crippen LogP contribution is 2.44. The van der Waals surface area contributed by atoms with E-state index in [1.54, 1.807) is 35.7 Å². The van der Waals surface area contributed by atoms with Gasteiger partial charge in [-0.2, -0.15) is 0 Å². The van der Waals surface area contributed by atoms with E-state index in [-0.39, 0.29) is 5.60 Å². The highest BCUT2D eigenvalue weighted by atomic mass is 35.5. The molecule has 166 valence electrons. The van der Waals surface area contributed by atoms with Crippen molar-refractivity contribution in [3.8, 4) is 11.5 Å². The van der Waals surface area contributed by atoms with Crippen molar-refractivity contribution in [3.63, 3.8) is 0 Å². The van der Waals surface area contributed by atoms with Gasteiger partial charge in [0.05, 0.1) is 28.7 Å². The van der Waals surface area contributed by atoms with Crippen molar-refractivity contribution in [2.45, 2.75) is 43.3 Å². The van der Waals surface area contributed by atoms with Gasteiger partial charge in [0.2, 0.25) is 0 Å². The monoisotopic (exact) mass is 493 g/mol. The second-order valence-electron chi connectivity index (χ2n) is 8.64. The first kappa shape index (κ1) is 21.1. The van der Waals surface area contributed by atoms with Gasteiger partial charge in [-0.05, 0) is 43.2 Å². The van der Waals surface area contributed by atoms with Crippen molar-refractivity contribution < 1.29 is 9.15 Å². The first-order valence-electron chi connectivity index (χ1n) is 10.6. The predicted octanol–water partition coefficient (Wildman–Crippen LogP) is 7.30. The van der Waals surface area contributed by atoms with E-state index in [4.69, 9.17) is 30.7 Å². The summed E-state index contributed by atoms with van der Waals surface area (Å²) in [7, 11) is 0. The molecule has 5 aromatic rings. The number of thioether (sulfide) groups is 1. The molecule has 0 fully saturated rings. The van der Waals surface area contributed by atoms with Crippen LogP contribution in [0.5, 0.6) is 0 Å². The summed E-state index contributed by atoms with van der Waals surface area (Å²) >= 11 is 9.69. The largest absolute Gasteiger partial charge is 0.463 e. The molecule has 0 spiro atoms. The van der Waals surface area contributed by atoms with Crippen LogP contribution in [0, 0.1) is 0 Å². The van der Waals surface area contributed by atoms with Gasteiger partial charge < -0.3 is 9.15 Å². The zero-order valence-corrected chi connectivity index (χ0v) is 20.5. The number of rotatable bonds is 4. The van der Waals surface area contributed by atoms with Gasteiger partial charge in [-0.1, -0.05) is 29.8 Å². The number of halogens is 1. The third-order valence-electron chi connectivity index (χ3n) is 5.87. The van der Waals surface area contributed by atoms with Gasteiger partial charge in [0.15, 0.2) is 5.76 Å². The molecule has 5 heterocycles. The maximum Gasteiger partial charge on any atom is 0.152 e. The Balaban J connectivity index is 1.53. The summed E-state index contributed by atoms with van der Waals surface area (Å²) < 4.78 is 12.9. The topological polar surface area (TPSA) is 61.0 Å². The van der Waals surface area contributed by atoms with E-state index in [1.165, 1.54) is 5.56 Å². The molecule has 0 aliphatic carbocycles. The summed E-state index contributed by atoms with van der Waals surface area (Å²) in [5.74, 6) is 1.50. The van der Waals surface area contributed by atoms with Gasteiger partial charge in [-0.3, -0.25) is 0 Å². The number of hydrogen-bond donors (Lipinski definition) is 0. The molecule has 4 aromatic heterocycles. The molecule has 0 radical (unpaired) electrons. The van der Waals surface area contributed by atoms with E-state index in [0.29, 0.717) is 6.61 Å². The van der Waals surface area contributed by atoms with Crippen LogP contribution in [0.2, 0.25) is 5.02 Å². The minimum absolute atomic E-state index is 0.259. The number of fused-ring (bicyclic) bond motifs is 5. The van der Waals surface area contributed by atoms with Crippen LogP contribution < -0.4 is 0 Å². The van der Waals surface area contributed by atoms with Crippen molar-refractivity contribution in [2.24, 2.45) is 0 Å². The smallest absolute Gasteiger partial charge is 0.152 e. The second kappa shape index (κ2) is 8.09. The molecular formula is C25H20ClN3O2S2. The van der Waals surface area contributed by atoms with Gasteiger partial charge in [0.1, 0.15) is 21.9 Å². The lowest BCUT2D eigenvalue weighted by Gasteiger charge is -2.32. The highest BCUT2D eigenvalue weighted by molar-refractivity contribution is 7.98. The third-order valence-corrected chi connectivity index (χ3v) is 8.49. The molecule has 0 N–H and O–H groups in total. The van der Waals surface area contributed by atoms with Crippen LogP contribution >= 0.6 is 34.7 Å². The Morgan fingerprint density at radius 2 is 2.00 bits per heavy atom. The van der Waals surface area contributed by atoms with Crippen LogP contribution in [-0.2, 0) is 23.5 Å². The van der Waals surface area contributed by atoms with Crippen molar-refractivity contribution in [1.82, 2.24) is 15.0 Å². The van der Waals surface area contributed by atoms with E-state index >= 15 is 0 Å². The molecule has 1 aromatic carbocycles. The number of benzene rings is 1. The molecule has 0 bridgehead atoms. The number of pyridine rings is 1. The number of hydrogen-bond acceptors (Lipinski definition) is 7. The highest BCUT2D eigenvalue weighted by Gasteiger charge is 2.32. The summed E-state index contributed by atoms with van der Waals surface area (Å²) in [6, 6.07) is 11.8. The molecule has 0 atom stereocenters. The first-order chi connectivity index (χ1) is 16.0. The number of thiophene rings is 1. The maximum atomic E-state index is 6.37. The minimum atomic E-state index is -0.259. The second-order valence-corrected chi connectivity index (χ2v) is 11.0. The lowest BCUT2D eigenvalue weighted by atomic mass is 9.89. The molecule has 1 aliphatic rings. The summed E-state index contributed by atoms with van der Waals surface area (Å²) in [6.07, 6.45) is 4.12. The number of furan rings is 1. The normalized spacial score (nSPS) is 15.2. The molecule has 1 aliphatic heterocycles. The van der Waals surface area contributed by atoms with Crippen LogP contribution in [0.1, 0.15) is 30.5 Å². The minimum Gasteiger partial charge on any atom is -0.463 e. The van der Waals surface area contributed by atoms with Gasteiger partial charge in [0.25, 0.3) is 0 Å². The first-order valence-corrected chi connectivity index (χ1v) is 12.8. The van der Waals surface area contributed by atoms with E-state index in [9.17, 15) is 0 Å². The zero-order valence-electron chi connectivity index (χ0n) is 18.1. The lowest BCUT2D eigenvalue weighted by molar-refractivity contribution is -0.0395. The number of ether oxygens (including phenoxy) is 1. The Morgan fingerprint density at radius 1 is 1.12 bits per heavy atom. The molecule has 6 rings (SSSR count). The van der Waals surface area contributed by atoms with E-state index in [1.807, 2.05) is 36.4 Å². The molecule has 0 amide bonds. The van der Waals surface area contributed by atoms with Crippen molar-refractivity contribution >= 4 is 55.1 Å². The summed E-state index contributed by atoms with van der Waals surface area (Å²) in [5.41, 5.74) is 4.97. The van der Waals surface area contributed by atoms with Gasteiger partial charge in [-0.25, -0.2) is 15.0 Å². The third kappa shape index (κ3) is 3.73. The lowest BCUT2D eigenvalue weighted by Crippen LogP contribution is -2.32. The Morgan fingerprint density at radius 3 is 2.82 bits per heavy atom. The van der Waals surface area contributed by atoms with Crippen LogP contribution in [0.15, 0.2) is 58.4 Å². The van der Waals surface area contributed by atoms with Crippen LogP contribution in [0.3, 0.4) is 0 Å². The molecule has 0 unspecified atom stereocenters. The average molecular weight is 494 g/mol. The summed E-state index contributed by atoms with van der Waals surface area (Å²) in [4.78, 5) is 15.3.